The fourth-order valence-electron chi connectivity index (χ4n) is 3.87. The van der Waals surface area contributed by atoms with E-state index in [0.29, 0.717) is 33.5 Å². The lowest BCUT2D eigenvalue weighted by Gasteiger charge is -2.24. The molecule has 0 aliphatic heterocycles. The highest BCUT2D eigenvalue weighted by Crippen LogP contribution is 2.27. The molecule has 0 bridgehead atoms. The van der Waals surface area contributed by atoms with E-state index in [9.17, 15) is 14.7 Å². The maximum Gasteiger partial charge on any atom is 0.326 e. The lowest BCUT2D eigenvalue weighted by Crippen LogP contribution is -2.39. The van der Waals surface area contributed by atoms with Gasteiger partial charge in [-0.25, -0.2) is 9.78 Å². The quantitative estimate of drug-likeness (QED) is 0.237. The van der Waals surface area contributed by atoms with Crippen LogP contribution < -0.4 is 27.0 Å². The molecule has 1 aliphatic rings. The molecule has 1 aliphatic carbocycles. The number of aromatic amines is 2. The first-order chi connectivity index (χ1) is 17.2. The predicted octanol–water partition coefficient (Wildman–Crippen LogP) is 0.766. The van der Waals surface area contributed by atoms with Gasteiger partial charge in [0.05, 0.1) is 27.7 Å². The topological polar surface area (TPSA) is 153 Å². The first-order valence-electron chi connectivity index (χ1n) is 11.7. The van der Waals surface area contributed by atoms with Gasteiger partial charge in [-0.1, -0.05) is 13.8 Å². The number of hydrogen-bond acceptors (Lipinski definition) is 8. The van der Waals surface area contributed by atoms with Crippen LogP contribution in [0.1, 0.15) is 42.1 Å². The number of carbonyl (C=O) groups excluding carboxylic acids is 1. The van der Waals surface area contributed by atoms with Crippen LogP contribution in [0.4, 0.5) is 0 Å². The molecule has 12 heteroatoms. The van der Waals surface area contributed by atoms with Crippen molar-refractivity contribution in [1.82, 2.24) is 35.2 Å². The number of thiophene rings is 1. The first-order valence-corrected chi connectivity index (χ1v) is 12.5. The average Bonchev–Trinajstić information content (AvgIpc) is 3.21. The molecule has 0 radical (unpaired) electrons. The molecule has 5 rings (SSSR count). The molecule has 1 saturated carbocycles. The molecular weight excluding hydrogens is 480 g/mol. The molecule has 4 aromatic rings. The molecule has 1 fully saturated rings. The Balaban J connectivity index is 1.52. The number of nitrogens with one attached hydrogen (secondary N) is 4. The fraction of sp³-hybridized carbons (Fsp3) is 0.375. The van der Waals surface area contributed by atoms with Crippen molar-refractivity contribution in [3.63, 3.8) is 0 Å². The van der Waals surface area contributed by atoms with E-state index in [0.717, 1.165) is 24.3 Å². The van der Waals surface area contributed by atoms with Gasteiger partial charge >= 0.3 is 5.69 Å². The molecule has 0 atom stereocenters. The summed E-state index contributed by atoms with van der Waals surface area (Å²) in [6.07, 6.45) is 5.28. The Morgan fingerprint density at radius 3 is 2.83 bits per heavy atom. The summed E-state index contributed by atoms with van der Waals surface area (Å²) in [4.78, 5) is 40.2. The minimum Gasteiger partial charge on any atom is -0.493 e. The second-order valence-corrected chi connectivity index (χ2v) is 10.8. The van der Waals surface area contributed by atoms with Crippen LogP contribution in [0.15, 0.2) is 34.2 Å². The van der Waals surface area contributed by atoms with E-state index in [1.165, 1.54) is 11.3 Å². The molecule has 1 amide bonds. The maximum atomic E-state index is 12.8. The van der Waals surface area contributed by atoms with E-state index >= 15 is 0 Å². The number of carbonyl (C=O) groups is 1. The smallest absolute Gasteiger partial charge is 0.326 e. The van der Waals surface area contributed by atoms with Gasteiger partial charge in [0.25, 0.3) is 5.91 Å². The Hall–Kier alpha value is -3.77. The minimum absolute atomic E-state index is 0.0661. The third-order valence-corrected chi connectivity index (χ3v) is 6.95. The lowest BCUT2D eigenvalue weighted by atomic mass is 9.93. The highest BCUT2D eigenvalue weighted by atomic mass is 32.1. The Kier molecular flexibility index (Phi) is 6.22. The minimum atomic E-state index is -0.507. The van der Waals surface area contributed by atoms with E-state index in [4.69, 9.17) is 9.98 Å². The van der Waals surface area contributed by atoms with E-state index < -0.39 is 5.69 Å². The van der Waals surface area contributed by atoms with E-state index in [1.807, 2.05) is 19.2 Å². The van der Waals surface area contributed by atoms with E-state index in [-0.39, 0.29) is 28.9 Å². The predicted molar refractivity (Wildman–Crippen MR) is 137 cm³/mol. The first kappa shape index (κ1) is 23.9. The molecule has 0 aromatic carbocycles. The number of aromatic nitrogens is 5. The van der Waals surface area contributed by atoms with Crippen molar-refractivity contribution in [2.24, 2.45) is 10.4 Å². The van der Waals surface area contributed by atoms with Crippen molar-refractivity contribution < 1.29 is 9.90 Å². The summed E-state index contributed by atoms with van der Waals surface area (Å²) in [5, 5.41) is 21.2. The molecule has 11 nitrogen and oxygen atoms in total. The maximum absolute atomic E-state index is 12.8. The van der Waals surface area contributed by atoms with Gasteiger partial charge in [-0.3, -0.25) is 14.8 Å². The van der Waals surface area contributed by atoms with Crippen LogP contribution in [0.25, 0.3) is 22.3 Å². The van der Waals surface area contributed by atoms with Crippen LogP contribution in [-0.4, -0.2) is 61.8 Å². The summed E-state index contributed by atoms with van der Waals surface area (Å²) in [5.41, 5.74) is 1.52. The Morgan fingerprint density at radius 2 is 2.14 bits per heavy atom. The van der Waals surface area contributed by atoms with Gasteiger partial charge in [-0.05, 0) is 43.5 Å². The number of nitrogens with zero attached hydrogens (tertiary/aromatic N) is 4. The molecule has 4 heterocycles. The Bertz CT molecular complexity index is 1610. The van der Waals surface area contributed by atoms with Crippen molar-refractivity contribution >= 4 is 29.0 Å². The van der Waals surface area contributed by atoms with E-state index in [1.54, 1.807) is 22.9 Å². The Morgan fingerprint density at radius 1 is 1.33 bits per heavy atom. The van der Waals surface area contributed by atoms with Crippen molar-refractivity contribution in [1.29, 1.82) is 0 Å². The van der Waals surface area contributed by atoms with Crippen LogP contribution in [0.5, 0.6) is 5.88 Å². The zero-order valence-electron chi connectivity index (χ0n) is 20.3. The summed E-state index contributed by atoms with van der Waals surface area (Å²) in [5.74, 6) is -0.380. The van der Waals surface area contributed by atoms with Crippen molar-refractivity contribution in [2.75, 3.05) is 20.1 Å². The molecule has 4 aromatic heterocycles. The number of hydrogen-bond donors (Lipinski definition) is 5. The number of aromatic hydroxyl groups is 1. The van der Waals surface area contributed by atoms with Crippen molar-refractivity contribution in [3.8, 4) is 16.5 Å². The van der Waals surface area contributed by atoms with Crippen molar-refractivity contribution in [2.45, 2.75) is 32.7 Å². The summed E-state index contributed by atoms with van der Waals surface area (Å²) < 4.78 is 1.65. The zero-order chi connectivity index (χ0) is 25.4. The number of amides is 1. The van der Waals surface area contributed by atoms with Crippen molar-refractivity contribution in [3.05, 3.63) is 56.2 Å². The molecule has 188 valence electrons. The van der Waals surface area contributed by atoms with E-state index in [2.05, 4.69) is 39.5 Å². The van der Waals surface area contributed by atoms with Crippen LogP contribution in [0.3, 0.4) is 0 Å². The van der Waals surface area contributed by atoms with Gasteiger partial charge in [0.2, 0.25) is 5.88 Å². The lowest BCUT2D eigenvalue weighted by molar-refractivity contribution is 0.0940. The third-order valence-electron chi connectivity index (χ3n) is 5.84. The van der Waals surface area contributed by atoms with Gasteiger partial charge in [0.15, 0.2) is 11.1 Å². The largest absolute Gasteiger partial charge is 0.493 e. The standard InChI is InChI=1S/C24H28N8O3S/c1-24(2,11-25-3)12-26-22(34)18-7-6-17(36-18)15-9-19(28-14-4-5-14)32-20(29-15)13(10-27-32)8-16-21(33)31-23(35)30-16/h6-10,14,25,33H,4-5,11-12H2,1-3H3,(H,26,34)(H2,30,31,35). The summed E-state index contributed by atoms with van der Waals surface area (Å²) in [6.45, 7) is 5.53. The fourth-order valence-corrected chi connectivity index (χ4v) is 4.75. The average molecular weight is 509 g/mol. The molecule has 0 unspecified atom stereocenters. The third kappa shape index (κ3) is 5.09. The monoisotopic (exact) mass is 508 g/mol. The van der Waals surface area contributed by atoms with Crippen LogP contribution >= 0.6 is 11.3 Å². The summed E-state index contributed by atoms with van der Waals surface area (Å²) in [7, 11) is 1.90. The van der Waals surface area contributed by atoms with Crippen LogP contribution in [0.2, 0.25) is 0 Å². The van der Waals surface area contributed by atoms with Gasteiger partial charge in [-0.15, -0.1) is 11.3 Å². The number of imidazole rings is 1. The normalized spacial score (nSPS) is 15.2. The number of rotatable bonds is 8. The summed E-state index contributed by atoms with van der Waals surface area (Å²) in [6, 6.07) is 5.82. The highest BCUT2D eigenvalue weighted by Gasteiger charge is 2.22. The molecule has 36 heavy (non-hydrogen) atoms. The van der Waals surface area contributed by atoms with Crippen LogP contribution in [-0.2, 0) is 0 Å². The summed E-state index contributed by atoms with van der Waals surface area (Å²) >= 11 is 1.36. The van der Waals surface area contributed by atoms with Crippen LogP contribution in [0, 0.1) is 5.41 Å². The second kappa shape index (κ2) is 9.36. The highest BCUT2D eigenvalue weighted by molar-refractivity contribution is 7.17. The number of fused-ring (bicyclic) bond motifs is 1. The zero-order valence-corrected chi connectivity index (χ0v) is 21.1. The van der Waals surface area contributed by atoms with Gasteiger partial charge < -0.3 is 20.7 Å². The van der Waals surface area contributed by atoms with Gasteiger partial charge in [-0.2, -0.15) is 9.61 Å². The molecule has 0 saturated heterocycles. The second-order valence-electron chi connectivity index (χ2n) is 9.72. The van der Waals surface area contributed by atoms with Gasteiger partial charge in [0.1, 0.15) is 5.69 Å². The molecule has 0 spiro atoms. The Labute approximate surface area is 210 Å². The molecular formula is C24H28N8O3S. The number of H-pyrrole nitrogens is 2. The SMILES string of the molecule is CNCC(C)(C)CNC(=O)c1ccc(-c2cc(=NC3CC3)n3ncc(=Cc4[nH]c(=O)[nH]c4O)c3n2)s1. The molecule has 5 N–H and O–H groups in total. The van der Waals surface area contributed by atoms with Gasteiger partial charge in [0, 0.05) is 24.4 Å².